The van der Waals surface area contributed by atoms with Gasteiger partial charge in [0.15, 0.2) is 29.1 Å². The summed E-state index contributed by atoms with van der Waals surface area (Å²) in [5, 5.41) is 0. The molecule has 2 aliphatic rings. The van der Waals surface area contributed by atoms with E-state index in [-0.39, 0.29) is 12.1 Å². The first-order chi connectivity index (χ1) is 14.6. The Balaban J connectivity index is 1.60. The molecule has 152 valence electrons. The predicted molar refractivity (Wildman–Crippen MR) is 119 cm³/mol. The second kappa shape index (κ2) is 7.48. The molecule has 1 aliphatic heterocycles. The van der Waals surface area contributed by atoms with E-state index in [1.807, 2.05) is 36.5 Å². The van der Waals surface area contributed by atoms with Crippen molar-refractivity contribution in [3.63, 3.8) is 0 Å². The largest absolute Gasteiger partial charge is 0.485 e. The van der Waals surface area contributed by atoms with E-state index in [4.69, 9.17) is 14.5 Å². The third kappa shape index (κ3) is 3.20. The average molecular weight is 399 g/mol. The first kappa shape index (κ1) is 18.7. The quantitative estimate of drug-likeness (QED) is 0.530. The lowest BCUT2D eigenvalue weighted by atomic mass is 9.94. The topological polar surface area (TPSA) is 49.2 Å². The summed E-state index contributed by atoms with van der Waals surface area (Å²) in [7, 11) is 0. The summed E-state index contributed by atoms with van der Waals surface area (Å²) in [5.74, 6) is 2.83. The van der Waals surface area contributed by atoms with E-state index < -0.39 is 0 Å². The number of rotatable bonds is 4. The highest BCUT2D eigenvalue weighted by Crippen LogP contribution is 2.37. The Morgan fingerprint density at radius 2 is 2.10 bits per heavy atom. The van der Waals surface area contributed by atoms with Gasteiger partial charge in [-0.05, 0) is 43.0 Å². The van der Waals surface area contributed by atoms with Gasteiger partial charge in [-0.2, -0.15) is 0 Å². The van der Waals surface area contributed by atoms with Crippen molar-refractivity contribution in [2.24, 2.45) is 5.92 Å². The minimum Gasteiger partial charge on any atom is -0.485 e. The highest BCUT2D eigenvalue weighted by Gasteiger charge is 2.29. The fourth-order valence-corrected chi connectivity index (χ4v) is 4.09. The van der Waals surface area contributed by atoms with Crippen molar-refractivity contribution >= 4 is 16.7 Å². The molecule has 30 heavy (non-hydrogen) atoms. The fourth-order valence-electron chi connectivity index (χ4n) is 4.09. The Morgan fingerprint density at radius 3 is 2.90 bits per heavy atom. The van der Waals surface area contributed by atoms with E-state index in [1.54, 1.807) is 0 Å². The Kier molecular flexibility index (Phi) is 4.66. The summed E-state index contributed by atoms with van der Waals surface area (Å²) < 4.78 is 14.4. The zero-order chi connectivity index (χ0) is 20.7. The van der Waals surface area contributed by atoms with Gasteiger partial charge in [-0.1, -0.05) is 43.4 Å². The van der Waals surface area contributed by atoms with Crippen LogP contribution in [-0.4, -0.2) is 21.1 Å². The van der Waals surface area contributed by atoms with Gasteiger partial charge in [0.1, 0.15) is 6.61 Å². The number of ether oxygens (including phenoxy) is 2. The smallest absolute Gasteiger partial charge is 0.190 e. The number of aromatic nitrogens is 3. The van der Waals surface area contributed by atoms with Gasteiger partial charge in [-0.15, -0.1) is 6.58 Å². The predicted octanol–water partition coefficient (Wildman–Crippen LogP) is 5.67. The van der Waals surface area contributed by atoms with Gasteiger partial charge in [0, 0.05) is 11.8 Å². The molecule has 5 rings (SSSR count). The normalized spacial score (nSPS) is 21.3. The van der Waals surface area contributed by atoms with Crippen LogP contribution in [0.25, 0.3) is 16.7 Å². The second-order valence-corrected chi connectivity index (χ2v) is 7.98. The van der Waals surface area contributed by atoms with Crippen LogP contribution in [0.4, 0.5) is 0 Å². The molecule has 1 aliphatic carbocycles. The Hall–Kier alpha value is -3.34. The van der Waals surface area contributed by atoms with Crippen molar-refractivity contribution in [2.75, 3.05) is 6.61 Å². The maximum Gasteiger partial charge on any atom is 0.190 e. The van der Waals surface area contributed by atoms with Gasteiger partial charge >= 0.3 is 0 Å². The Labute approximate surface area is 176 Å². The Morgan fingerprint density at radius 1 is 1.27 bits per heavy atom. The third-order valence-corrected chi connectivity index (χ3v) is 5.72. The van der Waals surface area contributed by atoms with Crippen molar-refractivity contribution in [1.29, 1.82) is 0 Å². The molecular formula is C25H25N3O2. The zero-order valence-electron chi connectivity index (χ0n) is 17.3. The van der Waals surface area contributed by atoms with E-state index in [0.717, 1.165) is 34.8 Å². The number of hydrogen-bond donors (Lipinski definition) is 0. The van der Waals surface area contributed by atoms with Crippen LogP contribution < -0.4 is 9.47 Å². The van der Waals surface area contributed by atoms with Crippen molar-refractivity contribution in [2.45, 2.75) is 32.4 Å². The van der Waals surface area contributed by atoms with Crippen LogP contribution in [0.1, 0.15) is 43.8 Å². The molecule has 0 fully saturated rings. The fraction of sp³-hybridized carbons (Fsp3) is 0.280. The highest BCUT2D eigenvalue weighted by atomic mass is 16.6. The van der Waals surface area contributed by atoms with Gasteiger partial charge < -0.3 is 14.0 Å². The second-order valence-electron chi connectivity index (χ2n) is 7.98. The number of hydrogen-bond acceptors (Lipinski definition) is 4. The molecule has 0 saturated carbocycles. The number of fused-ring (bicyclic) bond motifs is 2. The molecule has 5 heteroatoms. The van der Waals surface area contributed by atoms with Gasteiger partial charge in [-0.3, -0.25) is 0 Å². The maximum atomic E-state index is 6.25. The summed E-state index contributed by atoms with van der Waals surface area (Å²) in [6.45, 7) is 8.74. The lowest BCUT2D eigenvalue weighted by Gasteiger charge is -2.27. The molecule has 1 aromatic carbocycles. The molecule has 3 aromatic rings. The molecule has 3 unspecified atom stereocenters. The zero-order valence-corrected chi connectivity index (χ0v) is 17.3. The van der Waals surface area contributed by atoms with Crippen LogP contribution in [0, 0.1) is 5.92 Å². The summed E-state index contributed by atoms with van der Waals surface area (Å²) in [6, 6.07) is 9.94. The van der Waals surface area contributed by atoms with E-state index in [2.05, 4.69) is 54.3 Å². The number of para-hydroxylation sites is 2. The van der Waals surface area contributed by atoms with Gasteiger partial charge in [-0.25, -0.2) is 9.97 Å². The molecule has 0 radical (unpaired) electrons. The van der Waals surface area contributed by atoms with Crippen LogP contribution in [0.15, 0.2) is 67.4 Å². The molecule has 0 bridgehead atoms. The van der Waals surface area contributed by atoms with Crippen LogP contribution in [0.3, 0.4) is 0 Å². The van der Waals surface area contributed by atoms with Crippen molar-refractivity contribution in [3.05, 3.63) is 78.8 Å². The molecule has 2 aromatic heterocycles. The van der Waals surface area contributed by atoms with E-state index in [1.165, 1.54) is 5.57 Å². The average Bonchev–Trinajstić information content (AvgIpc) is 3.17. The molecule has 0 saturated heterocycles. The number of imidazole rings is 1. The minimum absolute atomic E-state index is 0.0395. The molecule has 0 spiro atoms. The monoisotopic (exact) mass is 399 g/mol. The van der Waals surface area contributed by atoms with Gasteiger partial charge in [0.05, 0.1) is 11.6 Å². The van der Waals surface area contributed by atoms with Crippen molar-refractivity contribution < 1.29 is 9.47 Å². The number of benzene rings is 1. The van der Waals surface area contributed by atoms with Crippen LogP contribution in [0.2, 0.25) is 0 Å². The molecule has 5 nitrogen and oxygen atoms in total. The van der Waals surface area contributed by atoms with Crippen LogP contribution in [-0.2, 0) is 0 Å². The standard InChI is InChI=1S/C25H25N3O2/c1-4-17(3)28-20-13-19(18-9-7-8-16(2)12-18)14-26-24(20)27-25(28)23-15-29-21-10-5-6-11-22(21)30-23/h4-7,9-14,16-17,23H,1,8,15H2,2-3H3. The molecule has 3 atom stereocenters. The van der Waals surface area contributed by atoms with E-state index in [0.29, 0.717) is 18.2 Å². The molecule has 0 amide bonds. The van der Waals surface area contributed by atoms with Crippen molar-refractivity contribution in [1.82, 2.24) is 14.5 Å². The maximum absolute atomic E-state index is 6.25. The van der Waals surface area contributed by atoms with E-state index in [9.17, 15) is 0 Å². The van der Waals surface area contributed by atoms with Crippen LogP contribution in [0.5, 0.6) is 11.5 Å². The lowest BCUT2D eigenvalue weighted by Crippen LogP contribution is -2.25. The molecular weight excluding hydrogens is 374 g/mol. The SMILES string of the molecule is C=CC(C)n1c(C2COc3ccccc3O2)nc2ncc(C3=CC(C)CC=C3)cc21. The minimum atomic E-state index is -0.311. The van der Waals surface area contributed by atoms with Gasteiger partial charge in [0.2, 0.25) is 0 Å². The first-order valence-corrected chi connectivity index (χ1v) is 10.4. The first-order valence-electron chi connectivity index (χ1n) is 10.4. The van der Waals surface area contributed by atoms with Gasteiger partial charge in [0.25, 0.3) is 0 Å². The van der Waals surface area contributed by atoms with Crippen LogP contribution >= 0.6 is 0 Å². The number of pyridine rings is 1. The Bertz CT molecular complexity index is 1170. The lowest BCUT2D eigenvalue weighted by molar-refractivity contribution is 0.0824. The number of nitrogens with zero attached hydrogens (tertiary/aromatic N) is 3. The summed E-state index contributed by atoms with van der Waals surface area (Å²) >= 11 is 0. The molecule has 0 N–H and O–H groups in total. The highest BCUT2D eigenvalue weighted by molar-refractivity contribution is 5.82. The summed E-state index contributed by atoms with van der Waals surface area (Å²) in [6.07, 6.45) is 11.3. The van der Waals surface area contributed by atoms with E-state index >= 15 is 0 Å². The molecule has 3 heterocycles. The van der Waals surface area contributed by atoms with Crippen molar-refractivity contribution in [3.8, 4) is 11.5 Å². The summed E-state index contributed by atoms with van der Waals surface area (Å²) in [4.78, 5) is 9.52. The third-order valence-electron chi connectivity index (χ3n) is 5.72. The number of allylic oxidation sites excluding steroid dienone is 5. The summed E-state index contributed by atoms with van der Waals surface area (Å²) in [5.41, 5.74) is 3.98.